The Labute approximate surface area is 227 Å². The number of carboxylic acid groups (broad SMARTS) is 1. The van der Waals surface area contributed by atoms with Gasteiger partial charge in [0.1, 0.15) is 0 Å². The number of hydrogen-bond acceptors (Lipinski definition) is 6. The molecule has 2 aliphatic rings. The smallest absolute Gasteiger partial charge is 0.490 e. The van der Waals surface area contributed by atoms with E-state index in [9.17, 15) is 18.0 Å². The van der Waals surface area contributed by atoms with Gasteiger partial charge in [0.15, 0.2) is 11.5 Å². The Kier molecular flexibility index (Phi) is 12.3. The third-order valence-electron chi connectivity index (χ3n) is 7.33. The number of carbonyl (C=O) groups excluding carboxylic acids is 1. The van der Waals surface area contributed by atoms with Gasteiger partial charge in [-0.1, -0.05) is 32.3 Å². The van der Waals surface area contributed by atoms with Crippen molar-refractivity contribution in [3.05, 3.63) is 23.8 Å². The molecule has 1 saturated carbocycles. The van der Waals surface area contributed by atoms with E-state index in [0.29, 0.717) is 6.04 Å². The van der Waals surface area contributed by atoms with Crippen LogP contribution < -0.4 is 19.5 Å². The number of carboxylic acids is 1. The van der Waals surface area contributed by atoms with E-state index in [2.05, 4.69) is 41.0 Å². The summed E-state index contributed by atoms with van der Waals surface area (Å²) in [5.41, 5.74) is 1.43. The van der Waals surface area contributed by atoms with Crippen molar-refractivity contribution in [2.45, 2.75) is 82.0 Å². The van der Waals surface area contributed by atoms with Gasteiger partial charge in [0.2, 0.25) is 0 Å². The Morgan fingerprint density at radius 3 is 2.45 bits per heavy atom. The Bertz CT molecular complexity index is 921. The van der Waals surface area contributed by atoms with Gasteiger partial charge in [-0.15, -0.1) is 0 Å². The van der Waals surface area contributed by atoms with Crippen molar-refractivity contribution in [3.8, 4) is 11.5 Å². The molecule has 1 aliphatic heterocycles. The molecule has 3 N–H and O–H groups in total. The van der Waals surface area contributed by atoms with Crippen molar-refractivity contribution in [2.24, 2.45) is 0 Å². The lowest BCUT2D eigenvalue weighted by Gasteiger charge is -2.45. The molecule has 12 heteroatoms. The molecule has 0 aromatic heterocycles. The van der Waals surface area contributed by atoms with E-state index in [-0.39, 0.29) is 17.5 Å². The number of likely N-dealkylation sites (N-methyl/N-ethyl adjacent to an activating group) is 1. The summed E-state index contributed by atoms with van der Waals surface area (Å²) in [6, 6.07) is 6.94. The monoisotopic (exact) mass is 563 g/mol. The number of amides is 2. The number of nitrogens with one attached hydrogen (secondary N) is 2. The van der Waals surface area contributed by atoms with Crippen LogP contribution in [0.4, 0.5) is 18.0 Å². The summed E-state index contributed by atoms with van der Waals surface area (Å²) in [7, 11) is 5.58. The van der Waals surface area contributed by atoms with Crippen LogP contribution in [-0.2, 0) is 10.2 Å². The molecule has 216 valence electrons. The zero-order valence-corrected chi connectivity index (χ0v) is 23.3. The van der Waals surface area contributed by atoms with Crippen LogP contribution in [0.1, 0.15) is 63.9 Å². The molecule has 1 aromatic rings. The van der Waals surface area contributed by atoms with Gasteiger partial charge in [0, 0.05) is 23.3 Å². The first-order valence-electron chi connectivity index (χ1n) is 12.9. The number of alkyl halides is 3. The molecule has 3 rings (SSSR count). The molecule has 0 bridgehead atoms. The third-order valence-corrected chi connectivity index (χ3v) is 8.15. The lowest BCUT2D eigenvalue weighted by Crippen LogP contribution is -2.52. The number of fused-ring (bicyclic) bond motifs is 1. The topological polar surface area (TPSA) is 100 Å². The first kappa shape index (κ1) is 31.9. The lowest BCUT2D eigenvalue weighted by atomic mass is 9.65. The van der Waals surface area contributed by atoms with Crippen LogP contribution in [0.2, 0.25) is 0 Å². The summed E-state index contributed by atoms with van der Waals surface area (Å²) in [6.07, 6.45) is 3.98. The normalized spacial score (nSPS) is 23.0. The second-order valence-electron chi connectivity index (χ2n) is 9.73. The number of ether oxygens (including phenoxy) is 2. The molecule has 1 saturated heterocycles. The molecule has 3 unspecified atom stereocenters. The molecule has 1 aliphatic carbocycles. The molecular formula is C26H40F3N3O5S. The number of likely N-dealkylation sites (tertiary alicyclic amines) is 1. The number of halogens is 3. The van der Waals surface area contributed by atoms with Crippen LogP contribution in [0.3, 0.4) is 0 Å². The fourth-order valence-corrected chi connectivity index (χ4v) is 5.97. The number of benzene rings is 1. The van der Waals surface area contributed by atoms with Crippen LogP contribution in [0.15, 0.2) is 18.2 Å². The third kappa shape index (κ3) is 8.59. The van der Waals surface area contributed by atoms with E-state index < -0.39 is 12.1 Å². The van der Waals surface area contributed by atoms with Gasteiger partial charge < -0.3 is 24.8 Å². The summed E-state index contributed by atoms with van der Waals surface area (Å²) in [6.45, 7) is 3.29. The molecule has 2 amide bonds. The van der Waals surface area contributed by atoms with E-state index in [0.717, 1.165) is 55.9 Å². The van der Waals surface area contributed by atoms with Gasteiger partial charge in [-0.25, -0.2) is 9.59 Å². The summed E-state index contributed by atoms with van der Waals surface area (Å²) in [5, 5.41) is 10.3. The molecule has 2 fully saturated rings. The largest absolute Gasteiger partial charge is 0.493 e. The lowest BCUT2D eigenvalue weighted by molar-refractivity contribution is -0.192. The first-order valence-corrected chi connectivity index (χ1v) is 13.9. The Hall–Kier alpha value is -2.34. The van der Waals surface area contributed by atoms with Crippen LogP contribution in [0.25, 0.3) is 0 Å². The number of urea groups is 1. The van der Waals surface area contributed by atoms with Gasteiger partial charge in [-0.05, 0) is 75.3 Å². The zero-order chi connectivity index (χ0) is 28.3. The molecule has 38 heavy (non-hydrogen) atoms. The van der Waals surface area contributed by atoms with Crippen LogP contribution in [-0.4, -0.2) is 73.8 Å². The maximum Gasteiger partial charge on any atom is 0.490 e. The van der Waals surface area contributed by atoms with Crippen molar-refractivity contribution in [1.29, 1.82) is 0 Å². The zero-order valence-electron chi connectivity index (χ0n) is 22.5. The second-order valence-corrected chi connectivity index (χ2v) is 10.6. The fraction of sp³-hybridized carbons (Fsp3) is 0.692. The van der Waals surface area contributed by atoms with Crippen LogP contribution >= 0.6 is 11.9 Å². The van der Waals surface area contributed by atoms with Crippen LogP contribution in [0.5, 0.6) is 11.5 Å². The molecule has 8 nitrogen and oxygen atoms in total. The van der Waals surface area contributed by atoms with Crippen molar-refractivity contribution in [3.63, 3.8) is 0 Å². The second kappa shape index (κ2) is 14.7. The van der Waals surface area contributed by atoms with Crippen molar-refractivity contribution in [2.75, 3.05) is 33.6 Å². The van der Waals surface area contributed by atoms with E-state index in [1.807, 2.05) is 6.07 Å². The first-order chi connectivity index (χ1) is 18.0. The van der Waals surface area contributed by atoms with E-state index in [1.165, 1.54) is 36.8 Å². The minimum Gasteiger partial charge on any atom is -0.493 e. The minimum absolute atomic E-state index is 0.0511. The number of rotatable bonds is 10. The molecule has 0 spiro atoms. The van der Waals surface area contributed by atoms with Gasteiger partial charge in [-0.2, -0.15) is 13.2 Å². The molecule has 3 atom stereocenters. The predicted octanol–water partition coefficient (Wildman–Crippen LogP) is 5.36. The number of unbranched alkanes of at least 4 members (excludes halogenated alkanes) is 3. The highest BCUT2D eigenvalue weighted by Crippen LogP contribution is 2.49. The van der Waals surface area contributed by atoms with Gasteiger partial charge in [0.05, 0.1) is 14.2 Å². The number of aliphatic carboxylic acids is 1. The number of carbonyl (C=O) groups is 2. The molecule has 1 heterocycles. The SMILES string of the molecule is CCCCCCSNC(=O)NC1CCC2(c3ccc(OC)c(OC)c3)CCN(C)C2C1.O=C(O)C(F)(F)F. The highest BCUT2D eigenvalue weighted by atomic mass is 32.2. The molecule has 1 aromatic carbocycles. The maximum absolute atomic E-state index is 12.4. The maximum atomic E-state index is 12.4. The Balaban J connectivity index is 0.000000638. The van der Waals surface area contributed by atoms with E-state index in [1.54, 1.807) is 14.2 Å². The molecular weight excluding hydrogens is 523 g/mol. The number of methoxy groups -OCH3 is 2. The summed E-state index contributed by atoms with van der Waals surface area (Å²) in [5.74, 6) is -0.221. The Morgan fingerprint density at radius 1 is 1.16 bits per heavy atom. The van der Waals surface area contributed by atoms with Crippen molar-refractivity contribution in [1.82, 2.24) is 14.9 Å². The fourth-order valence-electron chi connectivity index (χ4n) is 5.33. The molecule has 0 radical (unpaired) electrons. The minimum atomic E-state index is -5.08. The van der Waals surface area contributed by atoms with Gasteiger partial charge in [0.25, 0.3) is 0 Å². The number of nitrogens with zero attached hydrogens (tertiary/aromatic N) is 1. The Morgan fingerprint density at radius 2 is 1.84 bits per heavy atom. The van der Waals surface area contributed by atoms with E-state index >= 15 is 0 Å². The van der Waals surface area contributed by atoms with Crippen molar-refractivity contribution < 1.29 is 37.3 Å². The highest BCUT2D eigenvalue weighted by molar-refractivity contribution is 7.97. The predicted molar refractivity (Wildman–Crippen MR) is 142 cm³/mol. The summed E-state index contributed by atoms with van der Waals surface area (Å²) >= 11 is 1.53. The highest BCUT2D eigenvalue weighted by Gasteiger charge is 2.50. The van der Waals surface area contributed by atoms with Gasteiger partial charge in [-0.3, -0.25) is 4.72 Å². The average molecular weight is 564 g/mol. The number of hydrogen-bond donors (Lipinski definition) is 3. The van der Waals surface area contributed by atoms with E-state index in [4.69, 9.17) is 19.4 Å². The summed E-state index contributed by atoms with van der Waals surface area (Å²) < 4.78 is 45.7. The van der Waals surface area contributed by atoms with Crippen LogP contribution in [0, 0.1) is 0 Å². The quantitative estimate of drug-likeness (QED) is 0.260. The van der Waals surface area contributed by atoms with Crippen molar-refractivity contribution >= 4 is 23.9 Å². The van der Waals surface area contributed by atoms with Gasteiger partial charge >= 0.3 is 18.2 Å². The summed E-state index contributed by atoms with van der Waals surface area (Å²) in [4.78, 5) is 23.7. The average Bonchev–Trinajstić information content (AvgIpc) is 3.22. The standard InChI is InChI=1S/C24H39N3O3S.C2HF3O2/c1-5-6-7-8-15-31-26-23(28)25-19-11-12-24(13-14-27(2)22(24)17-19)18-9-10-20(29-3)21(16-18)30-4;3-2(4,5)1(6)7/h9-10,16,19,22H,5-8,11-15,17H2,1-4H3,(H2,25,26,28);(H,6,7).